The summed E-state index contributed by atoms with van der Waals surface area (Å²) in [6.45, 7) is 3.34. The molecule has 0 spiro atoms. The number of aromatic nitrogens is 1. The van der Waals surface area contributed by atoms with E-state index in [-0.39, 0.29) is 6.67 Å². The van der Waals surface area contributed by atoms with Gasteiger partial charge in [0.2, 0.25) is 0 Å². The Balaban J connectivity index is 1.95. The van der Waals surface area contributed by atoms with Gasteiger partial charge in [0.25, 0.3) is 0 Å². The van der Waals surface area contributed by atoms with Crippen LogP contribution < -0.4 is 5.06 Å². The van der Waals surface area contributed by atoms with Crippen molar-refractivity contribution in [3.05, 3.63) is 23.9 Å². The zero-order chi connectivity index (χ0) is 11.7. The molecule has 0 aliphatic carbocycles. The monoisotopic (exact) mass is 234 g/mol. The van der Waals surface area contributed by atoms with Crippen molar-refractivity contribution in [2.45, 2.75) is 0 Å². The molecule has 1 aromatic heterocycles. The Labute approximate surface area is 99.1 Å². The Morgan fingerprint density at radius 1 is 1.29 bits per heavy atom. The van der Waals surface area contributed by atoms with Gasteiger partial charge in [-0.2, -0.15) is 0 Å². The van der Waals surface area contributed by atoms with Crippen LogP contribution in [0, 0.1) is 0 Å². The van der Waals surface area contributed by atoms with Gasteiger partial charge >= 0.3 is 0 Å². The van der Waals surface area contributed by atoms with Gasteiger partial charge in [-0.15, -0.1) is 0 Å². The normalized spacial score (nSPS) is 19.9. The first-order valence-corrected chi connectivity index (χ1v) is 5.65. The molecule has 1 saturated heterocycles. The molecule has 17 heavy (non-hydrogen) atoms. The summed E-state index contributed by atoms with van der Waals surface area (Å²) in [5.41, 5.74) is 0.878. The van der Waals surface area contributed by atoms with Crippen LogP contribution in [0.2, 0.25) is 0 Å². The fourth-order valence-electron chi connectivity index (χ4n) is 2.11. The minimum atomic E-state index is 0.233. The van der Waals surface area contributed by atoms with E-state index in [0.717, 1.165) is 42.8 Å². The molecule has 3 rings (SSSR count). The largest absolute Gasteiger partial charge is 0.378 e. The maximum Gasteiger partial charge on any atom is 0.165 e. The summed E-state index contributed by atoms with van der Waals surface area (Å²) in [7, 11) is 0. The topological polar surface area (TPSA) is 61.2 Å². The lowest BCUT2D eigenvalue weighted by atomic mass is 10.2. The number of hydrogen-bond acceptors (Lipinski definition) is 6. The number of ether oxygens (including phenoxy) is 1. The Morgan fingerprint density at radius 3 is 2.94 bits per heavy atom. The molecule has 1 aromatic rings. The minimum absolute atomic E-state index is 0.233. The second-order valence-corrected chi connectivity index (χ2v) is 4.00. The Morgan fingerprint density at radius 2 is 2.12 bits per heavy atom. The molecule has 6 heteroatoms. The number of fused-ring (bicyclic) bond motifs is 1. The summed E-state index contributed by atoms with van der Waals surface area (Å²) in [4.78, 5) is 10.8. The average molecular weight is 234 g/mol. The number of hydroxylamine groups is 1. The highest BCUT2D eigenvalue weighted by molar-refractivity contribution is 6.03. The molecular formula is C11H14N4O2. The maximum atomic E-state index is 9.70. The maximum absolute atomic E-state index is 9.70. The molecule has 1 N–H and O–H groups in total. The van der Waals surface area contributed by atoms with Gasteiger partial charge in [-0.25, -0.2) is 15.0 Å². The molecule has 3 heterocycles. The number of pyridine rings is 1. The average Bonchev–Trinajstić information content (AvgIpc) is 2.41. The zero-order valence-corrected chi connectivity index (χ0v) is 9.41. The van der Waals surface area contributed by atoms with Crippen LogP contribution in [0.25, 0.3) is 0 Å². The van der Waals surface area contributed by atoms with Crippen molar-refractivity contribution in [2.75, 3.05) is 38.0 Å². The number of rotatable bonds is 0. The lowest BCUT2D eigenvalue weighted by Crippen LogP contribution is -2.44. The second-order valence-electron chi connectivity index (χ2n) is 4.00. The molecule has 0 radical (unpaired) electrons. The lowest BCUT2D eigenvalue weighted by Gasteiger charge is -2.33. The summed E-state index contributed by atoms with van der Waals surface area (Å²) in [5, 5.41) is 10.8. The molecule has 0 saturated carbocycles. The van der Waals surface area contributed by atoms with Gasteiger partial charge in [-0.3, -0.25) is 5.21 Å². The molecule has 0 unspecified atom stereocenters. The summed E-state index contributed by atoms with van der Waals surface area (Å²) in [5.74, 6) is 1.48. The number of hydrogen-bond donors (Lipinski definition) is 1. The van der Waals surface area contributed by atoms with Crippen molar-refractivity contribution in [3.8, 4) is 0 Å². The molecule has 2 aliphatic rings. The van der Waals surface area contributed by atoms with E-state index < -0.39 is 0 Å². The molecular weight excluding hydrogens is 220 g/mol. The fraction of sp³-hybridized carbons (Fsp3) is 0.455. The van der Waals surface area contributed by atoms with E-state index in [1.54, 1.807) is 6.20 Å². The smallest absolute Gasteiger partial charge is 0.165 e. The summed E-state index contributed by atoms with van der Waals surface area (Å²) in [6, 6.07) is 3.78. The van der Waals surface area contributed by atoms with Gasteiger partial charge in [0.05, 0.1) is 18.8 Å². The molecule has 6 nitrogen and oxygen atoms in total. The SMILES string of the molecule is ON1CN=C(N2CCOCC2)c2cccnc21. The van der Waals surface area contributed by atoms with Gasteiger partial charge in [-0.05, 0) is 12.1 Å². The number of aliphatic imine (C=N–C) groups is 1. The van der Waals surface area contributed by atoms with Crippen molar-refractivity contribution in [1.82, 2.24) is 9.88 Å². The van der Waals surface area contributed by atoms with Crippen LogP contribution in [0.5, 0.6) is 0 Å². The molecule has 0 aromatic carbocycles. The Kier molecular flexibility index (Phi) is 2.66. The minimum Gasteiger partial charge on any atom is -0.378 e. The summed E-state index contributed by atoms with van der Waals surface area (Å²) >= 11 is 0. The molecule has 0 atom stereocenters. The van der Waals surface area contributed by atoms with Gasteiger partial charge in [-0.1, -0.05) is 0 Å². The van der Waals surface area contributed by atoms with Crippen molar-refractivity contribution >= 4 is 11.7 Å². The van der Waals surface area contributed by atoms with Crippen LogP contribution >= 0.6 is 0 Å². The molecule has 0 amide bonds. The van der Waals surface area contributed by atoms with E-state index in [1.807, 2.05) is 12.1 Å². The van der Waals surface area contributed by atoms with Crippen LogP contribution in [0.3, 0.4) is 0 Å². The number of amidine groups is 1. The Hall–Kier alpha value is -1.66. The predicted molar refractivity (Wildman–Crippen MR) is 62.3 cm³/mol. The summed E-state index contributed by atoms with van der Waals surface area (Å²) in [6.07, 6.45) is 1.67. The van der Waals surface area contributed by atoms with Crippen LogP contribution in [-0.4, -0.2) is 53.9 Å². The molecule has 2 aliphatic heterocycles. The third-order valence-corrected chi connectivity index (χ3v) is 2.94. The summed E-state index contributed by atoms with van der Waals surface area (Å²) < 4.78 is 5.33. The predicted octanol–water partition coefficient (Wildman–Crippen LogP) is 0.327. The van der Waals surface area contributed by atoms with Gasteiger partial charge in [0, 0.05) is 19.3 Å². The number of nitrogens with zero attached hydrogens (tertiary/aromatic N) is 4. The number of anilines is 1. The molecule has 0 bridgehead atoms. The zero-order valence-electron chi connectivity index (χ0n) is 9.41. The third kappa shape index (κ3) is 1.85. The second kappa shape index (κ2) is 4.31. The van der Waals surface area contributed by atoms with E-state index in [4.69, 9.17) is 4.74 Å². The third-order valence-electron chi connectivity index (χ3n) is 2.94. The Bertz CT molecular complexity index is 443. The van der Waals surface area contributed by atoms with Gasteiger partial charge in [0.15, 0.2) is 5.82 Å². The van der Waals surface area contributed by atoms with E-state index in [9.17, 15) is 5.21 Å². The van der Waals surface area contributed by atoms with Crippen LogP contribution in [0.4, 0.5) is 5.82 Å². The van der Waals surface area contributed by atoms with E-state index >= 15 is 0 Å². The van der Waals surface area contributed by atoms with Crippen molar-refractivity contribution in [2.24, 2.45) is 4.99 Å². The first kappa shape index (κ1) is 10.5. The van der Waals surface area contributed by atoms with Crippen LogP contribution in [-0.2, 0) is 4.74 Å². The fourth-order valence-corrected chi connectivity index (χ4v) is 2.11. The van der Waals surface area contributed by atoms with E-state index in [1.165, 1.54) is 0 Å². The van der Waals surface area contributed by atoms with Crippen molar-refractivity contribution in [1.29, 1.82) is 0 Å². The van der Waals surface area contributed by atoms with E-state index in [2.05, 4.69) is 14.9 Å². The highest BCUT2D eigenvalue weighted by atomic mass is 16.5. The first-order chi connectivity index (χ1) is 8.36. The van der Waals surface area contributed by atoms with Gasteiger partial charge in [0.1, 0.15) is 12.5 Å². The molecule has 1 fully saturated rings. The number of morpholine rings is 1. The highest BCUT2D eigenvalue weighted by Crippen LogP contribution is 2.22. The standard InChI is InChI=1S/C11H14N4O2/c16-15-8-13-10(14-4-6-17-7-5-14)9-2-1-3-12-11(9)15/h1-3,16H,4-8H2. The van der Waals surface area contributed by atoms with Crippen LogP contribution in [0.1, 0.15) is 5.56 Å². The first-order valence-electron chi connectivity index (χ1n) is 5.65. The lowest BCUT2D eigenvalue weighted by molar-refractivity contribution is 0.0679. The quantitative estimate of drug-likeness (QED) is 0.701. The van der Waals surface area contributed by atoms with E-state index in [0.29, 0.717) is 5.82 Å². The molecule has 90 valence electrons. The van der Waals surface area contributed by atoms with Crippen molar-refractivity contribution < 1.29 is 9.94 Å². The van der Waals surface area contributed by atoms with Gasteiger partial charge < -0.3 is 9.64 Å². The van der Waals surface area contributed by atoms with Crippen molar-refractivity contribution in [3.63, 3.8) is 0 Å². The highest BCUT2D eigenvalue weighted by Gasteiger charge is 2.25. The van der Waals surface area contributed by atoms with Crippen LogP contribution in [0.15, 0.2) is 23.3 Å².